The Balaban J connectivity index is 1.32. The van der Waals surface area contributed by atoms with Crippen LogP contribution in [0.25, 0.3) is 28.1 Å². The van der Waals surface area contributed by atoms with Crippen molar-refractivity contribution in [2.75, 3.05) is 64.0 Å². The topological polar surface area (TPSA) is 107 Å². The number of imidazole rings is 2. The van der Waals surface area contributed by atoms with Crippen LogP contribution < -0.4 is 4.90 Å². The van der Waals surface area contributed by atoms with E-state index in [9.17, 15) is 4.79 Å². The van der Waals surface area contributed by atoms with E-state index in [2.05, 4.69) is 25.3 Å². The highest BCUT2D eigenvalue weighted by atomic mass is 16.5. The molecule has 0 aliphatic carbocycles. The first-order chi connectivity index (χ1) is 19.8. The molecule has 12 heteroatoms. The third-order valence-electron chi connectivity index (χ3n) is 8.32. The van der Waals surface area contributed by atoms with Crippen LogP contribution in [0, 0.1) is 6.92 Å². The van der Waals surface area contributed by atoms with E-state index in [0.29, 0.717) is 32.3 Å². The second kappa shape index (κ2) is 11.0. The van der Waals surface area contributed by atoms with Crippen LogP contribution >= 0.6 is 0 Å². The minimum absolute atomic E-state index is 0.172. The lowest BCUT2D eigenvalue weighted by atomic mass is 10.0. The minimum Gasteiger partial charge on any atom is -0.465 e. The molecule has 4 aromatic rings. The standard InChI is InChI=1S/C29H39N9O3/c1-6-41-27(39)29(3,4)37-13-11-35(12-14-37)19-23-31-24-25(34(23)5)32-28(33-26(24)36-15-17-40-18-16-36)38-20(2)30-21-9-7-8-10-22(21)38/h7-10H,6,11-19H2,1-5H3. The van der Waals surface area contributed by atoms with Crippen molar-refractivity contribution in [2.45, 2.75) is 39.8 Å². The lowest BCUT2D eigenvalue weighted by Crippen LogP contribution is -2.58. The molecule has 0 unspecified atom stereocenters. The zero-order valence-electron chi connectivity index (χ0n) is 24.6. The number of nitrogens with zero attached hydrogens (tertiary/aromatic N) is 9. The van der Waals surface area contributed by atoms with Crippen molar-refractivity contribution in [3.8, 4) is 5.95 Å². The molecule has 0 atom stereocenters. The molecule has 0 saturated carbocycles. The summed E-state index contributed by atoms with van der Waals surface area (Å²) in [7, 11) is 2.03. The number of aromatic nitrogens is 6. The molecule has 0 amide bonds. The molecule has 0 N–H and O–H groups in total. The number of ether oxygens (including phenoxy) is 2. The van der Waals surface area contributed by atoms with Gasteiger partial charge in [-0.15, -0.1) is 0 Å². The fourth-order valence-corrected chi connectivity index (χ4v) is 5.82. The van der Waals surface area contributed by atoms with E-state index in [1.54, 1.807) is 0 Å². The molecule has 2 aliphatic heterocycles. The molecule has 3 aromatic heterocycles. The number of esters is 1. The van der Waals surface area contributed by atoms with Gasteiger partial charge in [-0.3, -0.25) is 19.2 Å². The molecule has 1 aromatic carbocycles. The minimum atomic E-state index is -0.644. The maximum Gasteiger partial charge on any atom is 0.325 e. The Morgan fingerprint density at radius 3 is 2.46 bits per heavy atom. The zero-order valence-corrected chi connectivity index (χ0v) is 24.6. The molecule has 2 aliphatic rings. The van der Waals surface area contributed by atoms with Crippen molar-refractivity contribution >= 4 is 34.0 Å². The Kier molecular flexibility index (Phi) is 7.39. The molecule has 6 rings (SSSR count). The van der Waals surface area contributed by atoms with Crippen LogP contribution in [0.3, 0.4) is 0 Å². The second-order valence-electron chi connectivity index (χ2n) is 11.2. The summed E-state index contributed by atoms with van der Waals surface area (Å²) in [5.74, 6) is 3.02. The number of morpholine rings is 1. The number of rotatable bonds is 7. The average Bonchev–Trinajstić information content (AvgIpc) is 3.48. The van der Waals surface area contributed by atoms with E-state index in [-0.39, 0.29) is 5.97 Å². The van der Waals surface area contributed by atoms with Gasteiger partial charge in [0.25, 0.3) is 0 Å². The third-order valence-corrected chi connectivity index (χ3v) is 8.32. The Bertz CT molecular complexity index is 1560. The van der Waals surface area contributed by atoms with Gasteiger partial charge >= 0.3 is 5.97 Å². The number of benzene rings is 1. The van der Waals surface area contributed by atoms with Gasteiger partial charge in [-0.1, -0.05) is 12.1 Å². The van der Waals surface area contributed by atoms with Crippen molar-refractivity contribution in [3.63, 3.8) is 0 Å². The van der Waals surface area contributed by atoms with Crippen LogP contribution in [-0.2, 0) is 27.9 Å². The van der Waals surface area contributed by atoms with Crippen molar-refractivity contribution in [2.24, 2.45) is 7.05 Å². The lowest BCUT2D eigenvalue weighted by molar-refractivity contribution is -0.157. The number of fused-ring (bicyclic) bond motifs is 2. The molecule has 12 nitrogen and oxygen atoms in total. The Morgan fingerprint density at radius 1 is 1.00 bits per heavy atom. The molecule has 0 radical (unpaired) electrons. The van der Waals surface area contributed by atoms with Crippen molar-refractivity contribution in [1.82, 2.24) is 38.9 Å². The first-order valence-corrected chi connectivity index (χ1v) is 14.4. The summed E-state index contributed by atoms with van der Waals surface area (Å²) in [5, 5.41) is 0. The normalized spacial score (nSPS) is 17.5. The van der Waals surface area contributed by atoms with Gasteiger partial charge in [-0.25, -0.2) is 9.97 Å². The van der Waals surface area contributed by atoms with Crippen molar-refractivity contribution < 1.29 is 14.3 Å². The summed E-state index contributed by atoms with van der Waals surface area (Å²) in [6, 6.07) is 8.06. The predicted molar refractivity (Wildman–Crippen MR) is 156 cm³/mol. The SMILES string of the molecule is CCOC(=O)C(C)(C)N1CCN(Cc2nc3c(N4CCOCC4)nc(-n4c(C)nc5ccccc54)nc3n2C)CC1. The fraction of sp³-hybridized carbons (Fsp3) is 0.552. The Hall–Kier alpha value is -3.61. The predicted octanol–water partition coefficient (Wildman–Crippen LogP) is 2.31. The van der Waals surface area contributed by atoms with Gasteiger partial charge < -0.3 is 18.9 Å². The first kappa shape index (κ1) is 27.6. The number of piperazine rings is 1. The van der Waals surface area contributed by atoms with E-state index in [4.69, 9.17) is 29.4 Å². The van der Waals surface area contributed by atoms with Crippen LogP contribution in [0.2, 0.25) is 0 Å². The summed E-state index contributed by atoms with van der Waals surface area (Å²) >= 11 is 0. The van der Waals surface area contributed by atoms with Gasteiger partial charge in [0.2, 0.25) is 5.95 Å². The van der Waals surface area contributed by atoms with Crippen molar-refractivity contribution in [3.05, 3.63) is 35.9 Å². The van der Waals surface area contributed by atoms with E-state index < -0.39 is 5.54 Å². The fourth-order valence-electron chi connectivity index (χ4n) is 5.82. The van der Waals surface area contributed by atoms with Crippen LogP contribution in [0.15, 0.2) is 24.3 Å². The lowest BCUT2D eigenvalue weighted by Gasteiger charge is -2.42. The molecular weight excluding hydrogens is 522 g/mol. The van der Waals surface area contributed by atoms with Gasteiger partial charge in [0.15, 0.2) is 17.0 Å². The summed E-state index contributed by atoms with van der Waals surface area (Å²) < 4.78 is 15.1. The van der Waals surface area contributed by atoms with E-state index in [1.165, 1.54) is 0 Å². The van der Waals surface area contributed by atoms with E-state index in [1.807, 2.05) is 57.5 Å². The Labute approximate surface area is 239 Å². The van der Waals surface area contributed by atoms with E-state index >= 15 is 0 Å². The zero-order chi connectivity index (χ0) is 28.7. The largest absolute Gasteiger partial charge is 0.465 e. The number of carbonyl (C=O) groups excluding carboxylic acids is 1. The second-order valence-corrected chi connectivity index (χ2v) is 11.2. The summed E-state index contributed by atoms with van der Waals surface area (Å²) in [4.78, 5) is 39.4. The number of para-hydroxylation sites is 2. The van der Waals surface area contributed by atoms with E-state index in [0.717, 1.165) is 78.9 Å². The Morgan fingerprint density at radius 2 is 1.73 bits per heavy atom. The number of aryl methyl sites for hydroxylation is 2. The average molecular weight is 562 g/mol. The van der Waals surface area contributed by atoms with Crippen LogP contribution in [0.1, 0.15) is 32.4 Å². The molecule has 0 spiro atoms. The molecule has 0 bridgehead atoms. The van der Waals surface area contributed by atoms with Gasteiger partial charge in [0, 0.05) is 46.3 Å². The van der Waals surface area contributed by atoms with Crippen LogP contribution in [-0.4, -0.2) is 109 Å². The maximum absolute atomic E-state index is 12.5. The molecule has 2 saturated heterocycles. The number of anilines is 1. The monoisotopic (exact) mass is 561 g/mol. The first-order valence-electron chi connectivity index (χ1n) is 14.4. The van der Waals surface area contributed by atoms with Gasteiger partial charge in [0.05, 0.1) is 37.4 Å². The quantitative estimate of drug-likeness (QED) is 0.312. The number of hydrogen-bond donors (Lipinski definition) is 0. The summed E-state index contributed by atoms with van der Waals surface area (Å²) in [5.41, 5.74) is 2.85. The molecule has 5 heterocycles. The van der Waals surface area contributed by atoms with Gasteiger partial charge in [-0.05, 0) is 39.8 Å². The highest BCUT2D eigenvalue weighted by molar-refractivity contribution is 5.86. The summed E-state index contributed by atoms with van der Waals surface area (Å²) in [6.07, 6.45) is 0. The number of hydrogen-bond acceptors (Lipinski definition) is 10. The highest BCUT2D eigenvalue weighted by Gasteiger charge is 2.38. The van der Waals surface area contributed by atoms with Crippen molar-refractivity contribution in [1.29, 1.82) is 0 Å². The third kappa shape index (κ3) is 5.04. The maximum atomic E-state index is 12.5. The summed E-state index contributed by atoms with van der Waals surface area (Å²) in [6.45, 7) is 14.8. The van der Waals surface area contributed by atoms with Gasteiger partial charge in [0.1, 0.15) is 17.2 Å². The molecule has 2 fully saturated rings. The smallest absolute Gasteiger partial charge is 0.325 e. The highest BCUT2D eigenvalue weighted by Crippen LogP contribution is 2.29. The molecular formula is C29H39N9O3. The van der Waals surface area contributed by atoms with Gasteiger partial charge in [-0.2, -0.15) is 9.97 Å². The van der Waals surface area contributed by atoms with Crippen LogP contribution in [0.4, 0.5) is 5.82 Å². The number of carbonyl (C=O) groups is 1. The molecule has 41 heavy (non-hydrogen) atoms. The molecule has 218 valence electrons. The van der Waals surface area contributed by atoms with Crippen LogP contribution in [0.5, 0.6) is 0 Å².